The number of aromatic nitrogens is 2. The van der Waals surface area contributed by atoms with Crippen LogP contribution < -0.4 is 0 Å². The van der Waals surface area contributed by atoms with Crippen molar-refractivity contribution in [3.63, 3.8) is 0 Å². The molecule has 1 saturated heterocycles. The van der Waals surface area contributed by atoms with Crippen LogP contribution in [0.1, 0.15) is 125 Å². The van der Waals surface area contributed by atoms with Gasteiger partial charge < -0.3 is 9.64 Å². The number of amides is 1. The van der Waals surface area contributed by atoms with Crippen LogP contribution in [0.25, 0.3) is 10.9 Å². The van der Waals surface area contributed by atoms with Gasteiger partial charge >= 0.3 is 0 Å². The van der Waals surface area contributed by atoms with Crippen LogP contribution in [0.5, 0.6) is 0 Å². The number of ether oxygens (including phenoxy) is 1. The van der Waals surface area contributed by atoms with Gasteiger partial charge in [-0.15, -0.1) is 0 Å². The first-order valence-corrected chi connectivity index (χ1v) is 15.5. The maximum absolute atomic E-state index is 13.8. The van der Waals surface area contributed by atoms with Gasteiger partial charge in [0, 0.05) is 31.9 Å². The SMILES string of the molecule is CCC(=O)[C@@H]1[C@H]2CCN1C(=O)Cn1nc(C(C)=O)c3cc(C4CC4)cc(c31)CCCCCCCCCCCO2. The molecular weight excluding hydrogens is 490 g/mol. The number of fused-ring (bicyclic) bond motifs is 2. The average molecular weight is 536 g/mol. The van der Waals surface area contributed by atoms with Gasteiger partial charge in [-0.25, -0.2) is 0 Å². The number of nitrogens with zero attached hydrogens (tertiary/aromatic N) is 3. The van der Waals surface area contributed by atoms with Crippen LogP contribution in [0.3, 0.4) is 0 Å². The Bertz CT molecular complexity index is 1200. The van der Waals surface area contributed by atoms with Crippen molar-refractivity contribution in [2.75, 3.05) is 13.2 Å². The van der Waals surface area contributed by atoms with E-state index in [4.69, 9.17) is 9.84 Å². The molecule has 2 fully saturated rings. The van der Waals surface area contributed by atoms with Gasteiger partial charge in [0.05, 0.1) is 11.6 Å². The smallest absolute Gasteiger partial charge is 0.245 e. The molecule has 1 amide bonds. The van der Waals surface area contributed by atoms with Crippen molar-refractivity contribution in [1.82, 2.24) is 14.7 Å². The molecule has 0 N–H and O–H groups in total. The Kier molecular flexibility index (Phi) is 9.16. The third-order valence-corrected chi connectivity index (χ3v) is 8.88. The van der Waals surface area contributed by atoms with Crippen molar-refractivity contribution in [2.24, 2.45) is 0 Å². The number of hydrogen-bond donors (Lipinski definition) is 0. The summed E-state index contributed by atoms with van der Waals surface area (Å²) in [5, 5.41) is 5.60. The molecule has 1 aromatic carbocycles. The first kappa shape index (κ1) is 28.0. The average Bonchev–Trinajstić information content (AvgIpc) is 3.59. The second kappa shape index (κ2) is 12.8. The molecule has 2 bridgehead atoms. The molecule has 1 saturated carbocycles. The lowest BCUT2D eigenvalue weighted by Gasteiger charge is -2.27. The van der Waals surface area contributed by atoms with Crippen LogP contribution in [-0.2, 0) is 27.3 Å². The molecule has 0 spiro atoms. The van der Waals surface area contributed by atoms with Gasteiger partial charge in [0.2, 0.25) is 5.91 Å². The summed E-state index contributed by atoms with van der Waals surface area (Å²) in [5.74, 6) is 0.416. The highest BCUT2D eigenvalue weighted by molar-refractivity contribution is 6.06. The lowest BCUT2D eigenvalue weighted by Crippen LogP contribution is -2.47. The molecule has 2 atom stereocenters. The predicted octanol–water partition coefficient (Wildman–Crippen LogP) is 6.15. The molecule has 212 valence electrons. The van der Waals surface area contributed by atoms with E-state index < -0.39 is 6.04 Å². The monoisotopic (exact) mass is 535 g/mol. The summed E-state index contributed by atoms with van der Waals surface area (Å²) < 4.78 is 7.96. The maximum atomic E-state index is 13.8. The second-order valence-corrected chi connectivity index (χ2v) is 11.9. The van der Waals surface area contributed by atoms with Gasteiger partial charge in [-0.05, 0) is 61.6 Å². The third-order valence-electron chi connectivity index (χ3n) is 8.88. The highest BCUT2D eigenvalue weighted by Crippen LogP contribution is 2.42. The summed E-state index contributed by atoms with van der Waals surface area (Å²) in [6, 6.07) is 3.91. The van der Waals surface area contributed by atoms with Crippen molar-refractivity contribution < 1.29 is 19.1 Å². The zero-order valence-corrected chi connectivity index (χ0v) is 23.9. The fourth-order valence-electron chi connectivity index (χ4n) is 6.56. The lowest BCUT2D eigenvalue weighted by atomic mass is 9.97. The normalized spacial score (nSPS) is 24.2. The minimum absolute atomic E-state index is 0.0275. The Balaban J connectivity index is 1.49. The Morgan fingerprint density at radius 2 is 1.67 bits per heavy atom. The molecule has 39 heavy (non-hydrogen) atoms. The Labute approximate surface area is 232 Å². The van der Waals surface area contributed by atoms with E-state index in [-0.39, 0.29) is 30.1 Å². The molecule has 5 rings (SSSR count). The molecule has 7 heteroatoms. The Morgan fingerprint density at radius 1 is 0.974 bits per heavy atom. The summed E-state index contributed by atoms with van der Waals surface area (Å²) in [6.07, 6.45) is 14.8. The number of Topliss-reactive ketones (excluding diaryl/α,β-unsaturated/α-hetero) is 2. The second-order valence-electron chi connectivity index (χ2n) is 11.9. The molecule has 3 aliphatic rings. The number of aryl methyl sites for hydroxylation is 1. The Hall–Kier alpha value is -2.54. The quantitative estimate of drug-likeness (QED) is 0.439. The van der Waals surface area contributed by atoms with Gasteiger partial charge in [0.1, 0.15) is 18.3 Å². The minimum Gasteiger partial charge on any atom is -0.376 e. The summed E-state index contributed by atoms with van der Waals surface area (Å²) in [5.41, 5.74) is 3.86. The topological polar surface area (TPSA) is 81.5 Å². The van der Waals surface area contributed by atoms with E-state index in [1.807, 2.05) is 6.92 Å². The van der Waals surface area contributed by atoms with E-state index >= 15 is 0 Å². The van der Waals surface area contributed by atoms with Crippen LogP contribution >= 0.6 is 0 Å². The number of rotatable bonds is 4. The molecule has 3 heterocycles. The molecule has 0 radical (unpaired) electrons. The van der Waals surface area contributed by atoms with Crippen molar-refractivity contribution in [2.45, 2.75) is 128 Å². The zero-order chi connectivity index (χ0) is 27.4. The fraction of sp³-hybridized carbons (Fsp3) is 0.688. The maximum Gasteiger partial charge on any atom is 0.245 e. The Morgan fingerprint density at radius 3 is 2.33 bits per heavy atom. The molecule has 1 aromatic heterocycles. The number of benzene rings is 1. The van der Waals surface area contributed by atoms with Gasteiger partial charge in [-0.1, -0.05) is 57.9 Å². The number of carbonyl (C=O) groups is 3. The molecular formula is C32H45N3O4. The van der Waals surface area contributed by atoms with Crippen LogP contribution in [0.4, 0.5) is 0 Å². The standard InChI is InChI=1S/C32H45N3O4/c1-3-27(37)32-28-16-17-34(32)29(38)21-35-31-24(13-11-9-7-5-4-6-8-10-12-18-39-28)19-25(23-14-15-23)20-26(31)30(33-35)22(2)36/h19-20,23,28,32H,3-18,21H2,1-2H3/t28-,32-/m1/s1. The summed E-state index contributed by atoms with van der Waals surface area (Å²) in [6.45, 7) is 4.59. The molecule has 2 aliphatic heterocycles. The number of carbonyl (C=O) groups excluding carboxylic acids is 3. The first-order valence-electron chi connectivity index (χ1n) is 15.5. The summed E-state index contributed by atoms with van der Waals surface area (Å²) in [7, 11) is 0. The zero-order valence-electron chi connectivity index (χ0n) is 23.9. The van der Waals surface area contributed by atoms with E-state index in [1.165, 1.54) is 62.5 Å². The van der Waals surface area contributed by atoms with Crippen LogP contribution in [-0.4, -0.2) is 57.5 Å². The van der Waals surface area contributed by atoms with E-state index in [9.17, 15) is 14.4 Å². The van der Waals surface area contributed by atoms with Crippen LogP contribution in [0, 0.1) is 0 Å². The van der Waals surface area contributed by atoms with Crippen molar-refractivity contribution >= 4 is 28.4 Å². The molecule has 0 unspecified atom stereocenters. The van der Waals surface area contributed by atoms with Crippen molar-refractivity contribution in [1.29, 1.82) is 0 Å². The minimum atomic E-state index is -0.539. The summed E-state index contributed by atoms with van der Waals surface area (Å²) in [4.78, 5) is 41.2. The van der Waals surface area contributed by atoms with E-state index in [1.54, 1.807) is 16.5 Å². The van der Waals surface area contributed by atoms with Crippen LogP contribution in [0.15, 0.2) is 12.1 Å². The van der Waals surface area contributed by atoms with Crippen LogP contribution in [0.2, 0.25) is 0 Å². The van der Waals surface area contributed by atoms with E-state index in [0.29, 0.717) is 37.6 Å². The van der Waals surface area contributed by atoms with Crippen molar-refractivity contribution in [3.05, 3.63) is 29.0 Å². The number of hydrogen-bond acceptors (Lipinski definition) is 5. The van der Waals surface area contributed by atoms with E-state index in [0.717, 1.165) is 36.6 Å². The van der Waals surface area contributed by atoms with Gasteiger partial charge in [-0.2, -0.15) is 5.10 Å². The first-order chi connectivity index (χ1) is 19.0. The van der Waals surface area contributed by atoms with Gasteiger partial charge in [-0.3, -0.25) is 19.1 Å². The fourth-order valence-corrected chi connectivity index (χ4v) is 6.56. The largest absolute Gasteiger partial charge is 0.376 e. The summed E-state index contributed by atoms with van der Waals surface area (Å²) >= 11 is 0. The molecule has 7 nitrogen and oxygen atoms in total. The van der Waals surface area contributed by atoms with E-state index in [2.05, 4.69) is 12.1 Å². The lowest BCUT2D eigenvalue weighted by molar-refractivity contribution is -0.141. The highest BCUT2D eigenvalue weighted by atomic mass is 16.5. The third kappa shape index (κ3) is 6.45. The molecule has 2 aromatic rings. The van der Waals surface area contributed by atoms with Gasteiger partial charge in [0.25, 0.3) is 0 Å². The predicted molar refractivity (Wildman–Crippen MR) is 152 cm³/mol. The number of ketones is 2. The van der Waals surface area contributed by atoms with Crippen molar-refractivity contribution in [3.8, 4) is 0 Å². The highest BCUT2D eigenvalue weighted by Gasteiger charge is 2.41. The van der Waals surface area contributed by atoms with Gasteiger partial charge in [0.15, 0.2) is 11.6 Å². The molecule has 1 aliphatic carbocycles.